The molecule has 0 aliphatic heterocycles. The first-order valence-corrected chi connectivity index (χ1v) is 11.3. The van der Waals surface area contributed by atoms with Gasteiger partial charge in [-0.1, -0.05) is 45.2 Å². The van der Waals surface area contributed by atoms with E-state index in [0.717, 1.165) is 17.7 Å². The zero-order valence-corrected chi connectivity index (χ0v) is 18.3. The molecule has 2 amide bonds. The number of nitrogens with zero attached hydrogens (tertiary/aromatic N) is 1. The summed E-state index contributed by atoms with van der Waals surface area (Å²) < 4.78 is 0. The number of nitrogens with one attached hydrogen (secondary N) is 1. The van der Waals surface area contributed by atoms with Crippen molar-refractivity contribution in [3.63, 3.8) is 0 Å². The van der Waals surface area contributed by atoms with E-state index in [1.54, 1.807) is 36.0 Å². The van der Waals surface area contributed by atoms with Crippen molar-refractivity contribution < 1.29 is 9.59 Å². The third kappa shape index (κ3) is 5.63. The third-order valence-corrected chi connectivity index (χ3v) is 6.41. The SMILES string of the molecule is CC(C)Sc1ccccc1C(=O)Nc1ccc(C(=O)N(C)C2CCCCC2)cc1. The molecular weight excluding hydrogens is 380 g/mol. The first-order chi connectivity index (χ1) is 14.0. The van der Waals surface area contributed by atoms with Gasteiger partial charge in [0.1, 0.15) is 0 Å². The molecule has 0 aromatic heterocycles. The van der Waals surface area contributed by atoms with Crippen LogP contribution in [0, 0.1) is 0 Å². The van der Waals surface area contributed by atoms with E-state index in [4.69, 9.17) is 0 Å². The molecule has 1 fully saturated rings. The van der Waals surface area contributed by atoms with Gasteiger partial charge in [-0.05, 0) is 49.2 Å². The summed E-state index contributed by atoms with van der Waals surface area (Å²) in [7, 11) is 1.90. The van der Waals surface area contributed by atoms with Crippen LogP contribution in [0.4, 0.5) is 5.69 Å². The van der Waals surface area contributed by atoms with Crippen LogP contribution in [0.25, 0.3) is 0 Å². The number of hydrogen-bond donors (Lipinski definition) is 1. The van der Waals surface area contributed by atoms with Crippen molar-refractivity contribution in [3.8, 4) is 0 Å². The molecule has 1 aliphatic rings. The minimum Gasteiger partial charge on any atom is -0.339 e. The number of benzene rings is 2. The van der Waals surface area contributed by atoms with E-state index >= 15 is 0 Å². The van der Waals surface area contributed by atoms with Gasteiger partial charge in [0.15, 0.2) is 0 Å². The van der Waals surface area contributed by atoms with Crippen molar-refractivity contribution in [2.24, 2.45) is 0 Å². The van der Waals surface area contributed by atoms with Crippen molar-refractivity contribution >= 4 is 29.3 Å². The molecule has 29 heavy (non-hydrogen) atoms. The van der Waals surface area contributed by atoms with Gasteiger partial charge in [-0.25, -0.2) is 0 Å². The molecule has 5 heteroatoms. The zero-order chi connectivity index (χ0) is 20.8. The monoisotopic (exact) mass is 410 g/mol. The van der Waals surface area contributed by atoms with Gasteiger partial charge in [0.05, 0.1) is 5.56 Å². The largest absolute Gasteiger partial charge is 0.339 e. The lowest BCUT2D eigenvalue weighted by molar-refractivity contribution is 0.0696. The topological polar surface area (TPSA) is 49.4 Å². The summed E-state index contributed by atoms with van der Waals surface area (Å²) in [5, 5.41) is 3.35. The van der Waals surface area contributed by atoms with Crippen molar-refractivity contribution in [2.45, 2.75) is 62.1 Å². The van der Waals surface area contributed by atoms with E-state index in [2.05, 4.69) is 19.2 Å². The van der Waals surface area contributed by atoms with E-state index in [0.29, 0.717) is 28.1 Å². The quantitative estimate of drug-likeness (QED) is 0.608. The Morgan fingerprint density at radius 2 is 1.66 bits per heavy atom. The van der Waals surface area contributed by atoms with Crippen molar-refractivity contribution in [2.75, 3.05) is 12.4 Å². The summed E-state index contributed by atoms with van der Waals surface area (Å²) in [6.07, 6.45) is 5.84. The Morgan fingerprint density at radius 1 is 1.00 bits per heavy atom. The molecule has 2 aromatic carbocycles. The van der Waals surface area contributed by atoms with E-state index in [-0.39, 0.29) is 11.8 Å². The lowest BCUT2D eigenvalue weighted by atomic mass is 9.94. The zero-order valence-electron chi connectivity index (χ0n) is 17.5. The van der Waals surface area contributed by atoms with Crippen molar-refractivity contribution in [3.05, 3.63) is 59.7 Å². The van der Waals surface area contributed by atoms with E-state index in [1.807, 2.05) is 36.2 Å². The molecule has 1 saturated carbocycles. The smallest absolute Gasteiger partial charge is 0.256 e. The van der Waals surface area contributed by atoms with Crippen LogP contribution in [0.2, 0.25) is 0 Å². The maximum absolute atomic E-state index is 12.8. The van der Waals surface area contributed by atoms with Gasteiger partial charge in [0, 0.05) is 34.5 Å². The number of hydrogen-bond acceptors (Lipinski definition) is 3. The van der Waals surface area contributed by atoms with E-state index in [1.165, 1.54) is 19.3 Å². The minimum atomic E-state index is -0.132. The fourth-order valence-electron chi connectivity index (χ4n) is 3.74. The number of amides is 2. The number of carbonyl (C=O) groups is 2. The van der Waals surface area contributed by atoms with E-state index in [9.17, 15) is 9.59 Å². The summed E-state index contributed by atoms with van der Waals surface area (Å²) in [4.78, 5) is 28.4. The molecule has 3 rings (SSSR count). The van der Waals surface area contributed by atoms with Crippen LogP contribution < -0.4 is 5.32 Å². The van der Waals surface area contributed by atoms with Crippen molar-refractivity contribution in [1.29, 1.82) is 0 Å². The average Bonchev–Trinajstić information content (AvgIpc) is 2.74. The number of carbonyl (C=O) groups excluding carboxylic acids is 2. The van der Waals surface area contributed by atoms with Crippen LogP contribution >= 0.6 is 11.8 Å². The number of thioether (sulfide) groups is 1. The van der Waals surface area contributed by atoms with Crippen LogP contribution in [0.3, 0.4) is 0 Å². The molecule has 0 spiro atoms. The Balaban J connectivity index is 1.66. The van der Waals surface area contributed by atoms with Gasteiger partial charge >= 0.3 is 0 Å². The van der Waals surface area contributed by atoms with Gasteiger partial charge in [0.25, 0.3) is 11.8 Å². The molecule has 0 atom stereocenters. The predicted molar refractivity (Wildman–Crippen MR) is 121 cm³/mol. The van der Waals surface area contributed by atoms with Gasteiger partial charge < -0.3 is 10.2 Å². The highest BCUT2D eigenvalue weighted by Gasteiger charge is 2.23. The number of rotatable bonds is 6. The molecule has 0 radical (unpaired) electrons. The molecule has 1 N–H and O–H groups in total. The minimum absolute atomic E-state index is 0.0495. The summed E-state index contributed by atoms with van der Waals surface area (Å²) in [5.74, 6) is -0.0828. The van der Waals surface area contributed by atoms with Crippen LogP contribution in [0.15, 0.2) is 53.4 Å². The van der Waals surface area contributed by atoms with E-state index < -0.39 is 0 Å². The maximum atomic E-state index is 12.8. The molecule has 0 unspecified atom stereocenters. The highest BCUT2D eigenvalue weighted by molar-refractivity contribution is 8.00. The fourth-order valence-corrected chi connectivity index (χ4v) is 4.70. The van der Waals surface area contributed by atoms with Crippen LogP contribution in [0.1, 0.15) is 66.7 Å². The highest BCUT2D eigenvalue weighted by Crippen LogP contribution is 2.27. The number of anilines is 1. The van der Waals surface area contributed by atoms with Gasteiger partial charge in [0.2, 0.25) is 0 Å². The van der Waals surface area contributed by atoms with Crippen LogP contribution in [0.5, 0.6) is 0 Å². The first-order valence-electron chi connectivity index (χ1n) is 10.4. The summed E-state index contributed by atoms with van der Waals surface area (Å²) in [6.45, 7) is 4.22. The molecule has 1 aliphatic carbocycles. The van der Waals surface area contributed by atoms with Gasteiger partial charge in [-0.2, -0.15) is 0 Å². The molecule has 0 heterocycles. The Labute approximate surface area is 178 Å². The predicted octanol–water partition coefficient (Wildman–Crippen LogP) is 5.84. The lowest BCUT2D eigenvalue weighted by Gasteiger charge is -2.31. The lowest BCUT2D eigenvalue weighted by Crippen LogP contribution is -2.38. The second-order valence-corrected chi connectivity index (χ2v) is 9.52. The Morgan fingerprint density at radius 3 is 2.31 bits per heavy atom. The molecule has 4 nitrogen and oxygen atoms in total. The Bertz CT molecular complexity index is 842. The van der Waals surface area contributed by atoms with Crippen LogP contribution in [-0.4, -0.2) is 35.1 Å². The molecule has 0 bridgehead atoms. The van der Waals surface area contributed by atoms with Gasteiger partial charge in [-0.15, -0.1) is 11.8 Å². The summed E-state index contributed by atoms with van der Waals surface area (Å²) in [5.41, 5.74) is 2.02. The Kier molecular flexibility index (Phi) is 7.37. The third-order valence-electron chi connectivity index (χ3n) is 5.33. The fraction of sp³-hybridized carbons (Fsp3) is 0.417. The molecular formula is C24H30N2O2S. The second kappa shape index (κ2) is 9.97. The molecule has 154 valence electrons. The van der Waals surface area contributed by atoms with Crippen LogP contribution in [-0.2, 0) is 0 Å². The first kappa shape index (κ1) is 21.4. The van der Waals surface area contributed by atoms with Crippen molar-refractivity contribution in [1.82, 2.24) is 4.90 Å². The Hall–Kier alpha value is -2.27. The normalized spacial score (nSPS) is 14.6. The standard InChI is InChI=1S/C24H30N2O2S/c1-17(2)29-22-12-8-7-11-21(22)23(27)25-19-15-13-18(14-16-19)24(28)26(3)20-9-5-4-6-10-20/h7-8,11-17,20H,4-6,9-10H2,1-3H3,(H,25,27). The maximum Gasteiger partial charge on any atom is 0.256 e. The highest BCUT2D eigenvalue weighted by atomic mass is 32.2. The summed E-state index contributed by atoms with van der Waals surface area (Å²) >= 11 is 1.68. The van der Waals surface area contributed by atoms with Gasteiger partial charge in [-0.3, -0.25) is 9.59 Å². The molecule has 2 aromatic rings. The summed E-state index contributed by atoms with van der Waals surface area (Å²) in [6, 6.07) is 15.2. The molecule has 0 saturated heterocycles. The second-order valence-electron chi connectivity index (χ2n) is 7.90. The average molecular weight is 411 g/mol.